The van der Waals surface area contributed by atoms with Crippen LogP contribution in [0.25, 0.3) is 5.69 Å². The second-order valence-corrected chi connectivity index (χ2v) is 8.06. The summed E-state index contributed by atoms with van der Waals surface area (Å²) in [6.45, 7) is 4.19. The van der Waals surface area contributed by atoms with Crippen molar-refractivity contribution >= 4 is 29.0 Å². The number of thioether (sulfide) groups is 1. The topological polar surface area (TPSA) is 81.9 Å². The van der Waals surface area contributed by atoms with Gasteiger partial charge in [-0.25, -0.2) is 0 Å². The lowest BCUT2D eigenvalue weighted by Gasteiger charge is -2.21. The van der Waals surface area contributed by atoms with Gasteiger partial charge in [0.15, 0.2) is 0 Å². The van der Waals surface area contributed by atoms with Gasteiger partial charge in [-0.05, 0) is 39.9 Å². The van der Waals surface area contributed by atoms with Gasteiger partial charge in [-0.2, -0.15) is 4.68 Å². The molecule has 0 bridgehead atoms. The van der Waals surface area contributed by atoms with Crippen molar-refractivity contribution in [1.82, 2.24) is 25.5 Å². The average molecular weight is 404 g/mol. The first-order valence-electron chi connectivity index (χ1n) is 8.47. The van der Waals surface area contributed by atoms with Gasteiger partial charge >= 0.3 is 0 Å². The van der Waals surface area contributed by atoms with Crippen molar-refractivity contribution in [2.45, 2.75) is 25.0 Å². The number of para-hydroxylation sites is 2. The van der Waals surface area contributed by atoms with Crippen LogP contribution >= 0.6 is 23.1 Å². The molecule has 9 heteroatoms. The fourth-order valence-electron chi connectivity index (χ4n) is 2.60. The molecular formula is C18H21N5O2S2. The lowest BCUT2D eigenvalue weighted by molar-refractivity contribution is -0.119. The first-order chi connectivity index (χ1) is 13.1. The largest absolute Gasteiger partial charge is 0.494 e. The molecule has 0 saturated heterocycles. The number of carbonyl (C=O) groups excluding carboxylic acids is 1. The van der Waals surface area contributed by atoms with Crippen LogP contribution in [0.1, 0.15) is 24.8 Å². The summed E-state index contributed by atoms with van der Waals surface area (Å²) < 4.78 is 6.95. The Morgan fingerprint density at radius 3 is 2.81 bits per heavy atom. The maximum Gasteiger partial charge on any atom is 0.230 e. The van der Waals surface area contributed by atoms with Gasteiger partial charge in [0.25, 0.3) is 0 Å². The smallest absolute Gasteiger partial charge is 0.230 e. The van der Waals surface area contributed by atoms with Gasteiger partial charge in [0.2, 0.25) is 11.1 Å². The normalized spacial score (nSPS) is 12.1. The minimum Gasteiger partial charge on any atom is -0.494 e. The molecule has 27 heavy (non-hydrogen) atoms. The van der Waals surface area contributed by atoms with E-state index in [4.69, 9.17) is 4.74 Å². The van der Waals surface area contributed by atoms with Gasteiger partial charge < -0.3 is 10.1 Å². The number of ether oxygens (including phenoxy) is 1. The van der Waals surface area contributed by atoms with Crippen molar-refractivity contribution < 1.29 is 9.53 Å². The van der Waals surface area contributed by atoms with Crippen molar-refractivity contribution in [2.24, 2.45) is 5.92 Å². The maximum absolute atomic E-state index is 12.5. The average Bonchev–Trinajstić information content (AvgIpc) is 3.36. The van der Waals surface area contributed by atoms with E-state index in [1.54, 1.807) is 23.1 Å². The highest BCUT2D eigenvalue weighted by molar-refractivity contribution is 7.99. The van der Waals surface area contributed by atoms with Crippen LogP contribution in [0.3, 0.4) is 0 Å². The third-order valence-corrected chi connectivity index (χ3v) is 5.79. The molecule has 1 aromatic carbocycles. The second kappa shape index (κ2) is 9.01. The van der Waals surface area contributed by atoms with Crippen LogP contribution in [-0.2, 0) is 4.79 Å². The summed E-state index contributed by atoms with van der Waals surface area (Å²) in [7, 11) is 1.60. The second-order valence-electron chi connectivity index (χ2n) is 6.14. The fourth-order valence-corrected chi connectivity index (χ4v) is 4.25. The Morgan fingerprint density at radius 2 is 2.11 bits per heavy atom. The molecular weight excluding hydrogens is 382 g/mol. The Labute approximate surface area is 166 Å². The third kappa shape index (κ3) is 4.67. The van der Waals surface area contributed by atoms with Crippen molar-refractivity contribution in [3.63, 3.8) is 0 Å². The number of rotatable bonds is 8. The number of carbonyl (C=O) groups is 1. The van der Waals surface area contributed by atoms with Gasteiger partial charge in [-0.3, -0.25) is 4.79 Å². The van der Waals surface area contributed by atoms with Crippen LogP contribution in [0, 0.1) is 5.92 Å². The van der Waals surface area contributed by atoms with E-state index in [9.17, 15) is 4.79 Å². The number of benzene rings is 1. The molecule has 0 spiro atoms. The first-order valence-corrected chi connectivity index (χ1v) is 10.3. The summed E-state index contributed by atoms with van der Waals surface area (Å²) in [5.41, 5.74) is 0.728. The number of tetrazole rings is 1. The zero-order chi connectivity index (χ0) is 19.2. The Hall–Kier alpha value is -2.39. The number of methoxy groups -OCH3 is 1. The van der Waals surface area contributed by atoms with E-state index in [2.05, 4.69) is 34.7 Å². The SMILES string of the molecule is COc1ccccc1-n1nnnc1SCC(=O)NC(c1cccs1)C(C)C. The molecule has 2 aromatic heterocycles. The highest BCUT2D eigenvalue weighted by Gasteiger charge is 2.20. The number of thiophene rings is 1. The van der Waals surface area contributed by atoms with Crippen molar-refractivity contribution in [2.75, 3.05) is 12.9 Å². The summed E-state index contributed by atoms with van der Waals surface area (Å²) in [5, 5.41) is 17.5. The molecule has 7 nitrogen and oxygen atoms in total. The van der Waals surface area contributed by atoms with Crippen LogP contribution in [-0.4, -0.2) is 39.0 Å². The predicted octanol–water partition coefficient (Wildman–Crippen LogP) is 3.34. The molecule has 0 aliphatic heterocycles. The Bertz CT molecular complexity index is 880. The summed E-state index contributed by atoms with van der Waals surface area (Å²) >= 11 is 2.94. The van der Waals surface area contributed by atoms with E-state index in [0.29, 0.717) is 16.8 Å². The van der Waals surface area contributed by atoms with Crippen LogP contribution in [0.4, 0.5) is 0 Å². The molecule has 1 amide bonds. The summed E-state index contributed by atoms with van der Waals surface area (Å²) in [4.78, 5) is 13.6. The minimum atomic E-state index is -0.0540. The molecule has 0 radical (unpaired) electrons. The van der Waals surface area contributed by atoms with Crippen LogP contribution in [0.15, 0.2) is 46.9 Å². The third-order valence-electron chi connectivity index (χ3n) is 3.92. The summed E-state index contributed by atoms with van der Waals surface area (Å²) in [6, 6.07) is 11.5. The van der Waals surface area contributed by atoms with Gasteiger partial charge in [0.1, 0.15) is 11.4 Å². The maximum atomic E-state index is 12.5. The number of hydrogen-bond donors (Lipinski definition) is 1. The zero-order valence-corrected chi connectivity index (χ0v) is 17.0. The van der Waals surface area contributed by atoms with Crippen LogP contribution < -0.4 is 10.1 Å². The zero-order valence-electron chi connectivity index (χ0n) is 15.3. The number of amides is 1. The van der Waals surface area contributed by atoms with Gasteiger partial charge in [-0.1, -0.05) is 43.8 Å². The molecule has 0 aliphatic rings. The van der Waals surface area contributed by atoms with Crippen LogP contribution in [0.5, 0.6) is 5.75 Å². The molecule has 2 heterocycles. The first kappa shape index (κ1) is 19.4. The number of aromatic nitrogens is 4. The molecule has 3 rings (SSSR count). The monoisotopic (exact) mass is 403 g/mol. The lowest BCUT2D eigenvalue weighted by atomic mass is 10.0. The molecule has 3 aromatic rings. The van der Waals surface area contributed by atoms with Crippen molar-refractivity contribution in [3.8, 4) is 11.4 Å². The van der Waals surface area contributed by atoms with E-state index >= 15 is 0 Å². The molecule has 1 N–H and O–H groups in total. The fraction of sp³-hybridized carbons (Fsp3) is 0.333. The minimum absolute atomic E-state index is 0.00307. The quantitative estimate of drug-likeness (QED) is 0.581. The van der Waals surface area contributed by atoms with Gasteiger partial charge in [0.05, 0.1) is 18.9 Å². The molecule has 0 fully saturated rings. The molecule has 142 valence electrons. The van der Waals surface area contributed by atoms with E-state index in [0.717, 1.165) is 10.6 Å². The van der Waals surface area contributed by atoms with Crippen molar-refractivity contribution in [3.05, 3.63) is 46.7 Å². The van der Waals surface area contributed by atoms with E-state index in [1.807, 2.05) is 41.8 Å². The molecule has 0 saturated carbocycles. The highest BCUT2D eigenvalue weighted by atomic mass is 32.2. The standard InChI is InChI=1S/C18H21N5O2S2/c1-12(2)17(15-9-6-10-26-15)19-16(24)11-27-18-20-21-22-23(18)13-7-4-5-8-14(13)25-3/h4-10,12,17H,11H2,1-3H3,(H,19,24). The van der Waals surface area contributed by atoms with Gasteiger partial charge in [0, 0.05) is 4.88 Å². The summed E-state index contributed by atoms with van der Waals surface area (Å²) in [5.74, 6) is 1.14. The molecule has 0 aliphatic carbocycles. The number of nitrogens with zero attached hydrogens (tertiary/aromatic N) is 4. The Morgan fingerprint density at radius 1 is 1.30 bits per heavy atom. The van der Waals surface area contributed by atoms with E-state index < -0.39 is 0 Å². The molecule has 1 unspecified atom stereocenters. The molecule has 1 atom stereocenters. The van der Waals surface area contributed by atoms with E-state index in [-0.39, 0.29) is 17.7 Å². The highest BCUT2D eigenvalue weighted by Crippen LogP contribution is 2.27. The van der Waals surface area contributed by atoms with E-state index in [1.165, 1.54) is 11.8 Å². The number of nitrogens with one attached hydrogen (secondary N) is 1. The predicted molar refractivity (Wildman–Crippen MR) is 106 cm³/mol. The van der Waals surface area contributed by atoms with Gasteiger partial charge in [-0.15, -0.1) is 16.4 Å². The lowest BCUT2D eigenvalue weighted by Crippen LogP contribution is -2.32. The number of hydrogen-bond acceptors (Lipinski definition) is 7. The Balaban J connectivity index is 1.67. The van der Waals surface area contributed by atoms with Crippen molar-refractivity contribution in [1.29, 1.82) is 0 Å². The summed E-state index contributed by atoms with van der Waals surface area (Å²) in [6.07, 6.45) is 0. The Kier molecular flexibility index (Phi) is 6.46. The van der Waals surface area contributed by atoms with Crippen LogP contribution in [0.2, 0.25) is 0 Å².